The van der Waals surface area contributed by atoms with E-state index in [0.29, 0.717) is 16.5 Å². The molecule has 8 heteroatoms. The van der Waals surface area contributed by atoms with Gasteiger partial charge in [0.05, 0.1) is 11.3 Å². The zero-order chi connectivity index (χ0) is 25.0. The van der Waals surface area contributed by atoms with E-state index in [2.05, 4.69) is 66.0 Å². The highest BCUT2D eigenvalue weighted by Gasteiger charge is 2.32. The Morgan fingerprint density at radius 1 is 1.26 bits per heavy atom. The van der Waals surface area contributed by atoms with Crippen LogP contribution in [-0.2, 0) is 37.0 Å². The first-order valence-corrected chi connectivity index (χ1v) is 14.0. The maximum Gasteiger partial charge on any atom is 0.235 e. The third-order valence-electron chi connectivity index (χ3n) is 6.78. The number of nitrogens with zero attached hydrogens (tertiary/aromatic N) is 4. The lowest BCUT2D eigenvalue weighted by molar-refractivity contribution is -0.113. The fourth-order valence-corrected chi connectivity index (χ4v) is 6.77. The van der Waals surface area contributed by atoms with Crippen molar-refractivity contribution in [3.63, 3.8) is 0 Å². The highest BCUT2D eigenvalue weighted by molar-refractivity contribution is 7.99. The minimum Gasteiger partial charge on any atom is -0.316 e. The second-order valence-corrected chi connectivity index (χ2v) is 12.1. The number of fused-ring (bicyclic) bond motifs is 1. The Morgan fingerprint density at radius 3 is 2.71 bits per heavy atom. The van der Waals surface area contributed by atoms with Gasteiger partial charge in [-0.25, -0.2) is 0 Å². The summed E-state index contributed by atoms with van der Waals surface area (Å²) in [5.41, 5.74) is 3.29. The van der Waals surface area contributed by atoms with Crippen LogP contribution in [0.15, 0.2) is 35.5 Å². The van der Waals surface area contributed by atoms with Gasteiger partial charge in [0.2, 0.25) is 5.91 Å². The average Bonchev–Trinajstić information content (AvgIpc) is 3.40. The molecule has 1 aliphatic rings. The van der Waals surface area contributed by atoms with E-state index in [4.69, 9.17) is 0 Å². The molecule has 4 rings (SSSR count). The summed E-state index contributed by atoms with van der Waals surface area (Å²) in [5.74, 6) is 1.64. The summed E-state index contributed by atoms with van der Waals surface area (Å²) in [6.45, 7) is 9.67. The number of carbonyl (C=O) groups excluding carboxylic acids is 1. The molecule has 2 heterocycles. The summed E-state index contributed by atoms with van der Waals surface area (Å²) in [7, 11) is 0. The van der Waals surface area contributed by atoms with Crippen LogP contribution in [0.3, 0.4) is 0 Å². The number of rotatable bonds is 8. The number of thioether (sulfide) groups is 1. The van der Waals surface area contributed by atoms with Gasteiger partial charge in [0.1, 0.15) is 16.9 Å². The lowest BCUT2D eigenvalue weighted by Crippen LogP contribution is -2.26. The first kappa shape index (κ1) is 25.5. The number of hydrogen-bond donors (Lipinski definition) is 1. The summed E-state index contributed by atoms with van der Waals surface area (Å²) in [5, 5.41) is 23.0. The van der Waals surface area contributed by atoms with Crippen LogP contribution in [-0.4, -0.2) is 26.4 Å². The predicted molar refractivity (Wildman–Crippen MR) is 143 cm³/mol. The molecular formula is C27H33N5OS2. The van der Waals surface area contributed by atoms with Crippen LogP contribution < -0.4 is 5.32 Å². The van der Waals surface area contributed by atoms with Gasteiger partial charge < -0.3 is 9.88 Å². The molecule has 1 unspecified atom stereocenters. The monoisotopic (exact) mass is 507 g/mol. The summed E-state index contributed by atoms with van der Waals surface area (Å²) in [6, 6.07) is 12.7. The number of hydrogen-bond acceptors (Lipinski definition) is 6. The van der Waals surface area contributed by atoms with E-state index < -0.39 is 0 Å². The largest absolute Gasteiger partial charge is 0.316 e. The van der Waals surface area contributed by atoms with Crippen molar-refractivity contribution < 1.29 is 4.79 Å². The van der Waals surface area contributed by atoms with Crippen molar-refractivity contribution in [3.8, 4) is 6.07 Å². The van der Waals surface area contributed by atoms with Gasteiger partial charge in [0.25, 0.3) is 0 Å². The third-order valence-corrected chi connectivity index (χ3v) is 8.91. The Hall–Kier alpha value is -2.63. The highest BCUT2D eigenvalue weighted by atomic mass is 32.2. The first-order chi connectivity index (χ1) is 16.8. The van der Waals surface area contributed by atoms with E-state index in [1.165, 1.54) is 22.2 Å². The molecule has 184 valence electrons. The summed E-state index contributed by atoms with van der Waals surface area (Å²) in [6.07, 6.45) is 4.69. The Kier molecular flexibility index (Phi) is 7.98. The molecule has 6 nitrogen and oxygen atoms in total. The number of aryl methyl sites for hydroxylation is 2. The minimum atomic E-state index is -0.117. The molecule has 0 saturated carbocycles. The first-order valence-electron chi connectivity index (χ1n) is 12.2. The standard InChI is InChI=1S/C27H33N5OS2/c1-5-32-23(14-11-18-9-7-6-8-10-18)30-31-26(32)34-17-24(33)29-25-21(16-28)20-13-12-19(27(2,3)4)15-22(20)35-25/h6-10,19H,5,11-15,17H2,1-4H3,(H,29,33). The van der Waals surface area contributed by atoms with E-state index in [1.807, 2.05) is 18.2 Å². The topological polar surface area (TPSA) is 83.6 Å². The summed E-state index contributed by atoms with van der Waals surface area (Å²) < 4.78 is 2.08. The van der Waals surface area contributed by atoms with Crippen molar-refractivity contribution in [1.82, 2.24) is 14.8 Å². The highest BCUT2D eigenvalue weighted by Crippen LogP contribution is 2.44. The van der Waals surface area contributed by atoms with Crippen LogP contribution in [0.5, 0.6) is 0 Å². The van der Waals surface area contributed by atoms with Crippen molar-refractivity contribution in [2.45, 2.75) is 71.5 Å². The average molecular weight is 508 g/mol. The number of nitriles is 1. The Balaban J connectivity index is 1.38. The lowest BCUT2D eigenvalue weighted by atomic mass is 9.72. The molecule has 0 radical (unpaired) electrons. The van der Waals surface area contributed by atoms with Crippen molar-refractivity contribution in [3.05, 3.63) is 57.7 Å². The van der Waals surface area contributed by atoms with Crippen molar-refractivity contribution in [1.29, 1.82) is 5.26 Å². The SMILES string of the molecule is CCn1c(CCc2ccccc2)nnc1SCC(=O)Nc1sc2c(c1C#N)CCC(C(C)(C)C)C2. The molecule has 2 aromatic heterocycles. The van der Waals surface area contributed by atoms with Crippen LogP contribution in [0, 0.1) is 22.7 Å². The van der Waals surface area contributed by atoms with E-state index in [0.717, 1.165) is 55.2 Å². The van der Waals surface area contributed by atoms with Gasteiger partial charge in [-0.15, -0.1) is 21.5 Å². The Bertz CT molecular complexity index is 1220. The Labute approximate surface area is 216 Å². The zero-order valence-electron chi connectivity index (χ0n) is 20.9. The van der Waals surface area contributed by atoms with Crippen LogP contribution in [0.4, 0.5) is 5.00 Å². The molecule has 0 fully saturated rings. The second-order valence-electron chi connectivity index (χ2n) is 10.1. The summed E-state index contributed by atoms with van der Waals surface area (Å²) >= 11 is 2.97. The van der Waals surface area contributed by atoms with Gasteiger partial charge in [0, 0.05) is 17.8 Å². The van der Waals surface area contributed by atoms with E-state index in [1.54, 1.807) is 11.3 Å². The molecule has 0 bridgehead atoms. The van der Waals surface area contributed by atoms with Crippen LogP contribution in [0.1, 0.15) is 61.5 Å². The molecule has 1 amide bonds. The molecule has 0 spiro atoms. The van der Waals surface area contributed by atoms with Crippen LogP contribution in [0.2, 0.25) is 0 Å². The van der Waals surface area contributed by atoms with E-state index in [9.17, 15) is 10.1 Å². The smallest absolute Gasteiger partial charge is 0.235 e. The maximum absolute atomic E-state index is 12.8. The second kappa shape index (κ2) is 11.0. The van der Waals surface area contributed by atoms with Gasteiger partial charge in [-0.05, 0) is 55.1 Å². The molecule has 1 N–H and O–H groups in total. The third kappa shape index (κ3) is 5.96. The maximum atomic E-state index is 12.8. The van der Waals surface area contributed by atoms with Crippen molar-refractivity contribution in [2.75, 3.05) is 11.1 Å². The van der Waals surface area contributed by atoms with Crippen LogP contribution >= 0.6 is 23.1 Å². The Morgan fingerprint density at radius 2 is 2.03 bits per heavy atom. The number of carbonyl (C=O) groups is 1. The van der Waals surface area contributed by atoms with Gasteiger partial charge >= 0.3 is 0 Å². The number of aromatic nitrogens is 3. The molecule has 35 heavy (non-hydrogen) atoms. The number of thiophene rings is 1. The van der Waals surface area contributed by atoms with Gasteiger partial charge in [-0.3, -0.25) is 4.79 Å². The van der Waals surface area contributed by atoms with Crippen LogP contribution in [0.25, 0.3) is 0 Å². The normalized spacial score (nSPS) is 15.5. The number of anilines is 1. The molecule has 1 aliphatic carbocycles. The molecular weight excluding hydrogens is 474 g/mol. The number of amides is 1. The summed E-state index contributed by atoms with van der Waals surface area (Å²) in [4.78, 5) is 14.1. The fraction of sp³-hybridized carbons (Fsp3) is 0.481. The predicted octanol–water partition coefficient (Wildman–Crippen LogP) is 5.90. The molecule has 1 atom stereocenters. The van der Waals surface area contributed by atoms with E-state index in [-0.39, 0.29) is 17.1 Å². The van der Waals surface area contributed by atoms with Gasteiger partial charge in [-0.1, -0.05) is 62.9 Å². The quantitative estimate of drug-likeness (QED) is 0.384. The molecule has 0 aliphatic heterocycles. The lowest BCUT2D eigenvalue weighted by Gasteiger charge is -2.33. The fourth-order valence-electron chi connectivity index (χ4n) is 4.65. The van der Waals surface area contributed by atoms with E-state index >= 15 is 0 Å². The number of benzene rings is 1. The van der Waals surface area contributed by atoms with Gasteiger partial charge in [-0.2, -0.15) is 5.26 Å². The number of nitrogens with one attached hydrogen (secondary N) is 1. The van der Waals surface area contributed by atoms with Gasteiger partial charge in [0.15, 0.2) is 5.16 Å². The van der Waals surface area contributed by atoms with Crippen molar-refractivity contribution in [2.24, 2.45) is 11.3 Å². The van der Waals surface area contributed by atoms with Crippen molar-refractivity contribution >= 4 is 34.0 Å². The molecule has 3 aromatic rings. The molecule has 0 saturated heterocycles. The minimum absolute atomic E-state index is 0.117. The zero-order valence-corrected chi connectivity index (χ0v) is 22.6. The molecule has 1 aromatic carbocycles.